The summed E-state index contributed by atoms with van der Waals surface area (Å²) in [5.74, 6) is 3.16. The van der Waals surface area contributed by atoms with Gasteiger partial charge in [-0.2, -0.15) is 0 Å². The number of azide groups is 1. The molecule has 1 aromatic carbocycles. The summed E-state index contributed by atoms with van der Waals surface area (Å²) in [5.41, 5.74) is 7.70. The quantitative estimate of drug-likeness (QED) is 0.355. The minimum Gasteiger partial charge on any atom is -0.391 e. The van der Waals surface area contributed by atoms with Crippen molar-refractivity contribution < 1.29 is 13.9 Å². The van der Waals surface area contributed by atoms with Crippen molar-refractivity contribution in [1.29, 1.82) is 0 Å². The molecule has 0 saturated carbocycles. The first-order chi connectivity index (χ1) is 7.69. The van der Waals surface area contributed by atoms with Crippen LogP contribution >= 0.6 is 0 Å². The van der Waals surface area contributed by atoms with Crippen LogP contribution in [0.4, 0.5) is 8.78 Å². The second kappa shape index (κ2) is 5.71. The first-order valence-corrected chi connectivity index (χ1v) is 4.27. The van der Waals surface area contributed by atoms with Crippen molar-refractivity contribution in [2.24, 2.45) is 5.11 Å². The van der Waals surface area contributed by atoms with E-state index in [1.54, 1.807) is 0 Å². The summed E-state index contributed by atoms with van der Waals surface area (Å²) in [4.78, 5) is 2.47. The smallest absolute Gasteiger partial charge is 0.132 e. The molecule has 1 rings (SSSR count). The number of rotatable bonds is 2. The first-order valence-electron chi connectivity index (χ1n) is 4.27. The zero-order chi connectivity index (χ0) is 12.0. The molecule has 0 atom stereocenters. The third-order valence-corrected chi connectivity index (χ3v) is 1.74. The lowest BCUT2D eigenvalue weighted by atomic mass is 10.1. The largest absolute Gasteiger partial charge is 0.391 e. The Balaban J connectivity index is 2.98. The third-order valence-electron chi connectivity index (χ3n) is 1.74. The molecule has 1 aromatic rings. The molecular formula is C10H7F2N3O. The molecule has 0 aliphatic rings. The number of hydrogen-bond acceptors (Lipinski definition) is 2. The van der Waals surface area contributed by atoms with Crippen LogP contribution in [0.3, 0.4) is 0 Å². The summed E-state index contributed by atoms with van der Waals surface area (Å²) in [6, 6.07) is 2.02. The lowest BCUT2D eigenvalue weighted by Crippen LogP contribution is -1.96. The van der Waals surface area contributed by atoms with Gasteiger partial charge in [-0.15, -0.1) is 0 Å². The molecule has 0 bridgehead atoms. The van der Waals surface area contributed by atoms with Crippen LogP contribution in [0.25, 0.3) is 10.4 Å². The molecule has 0 saturated heterocycles. The monoisotopic (exact) mass is 223 g/mol. The average molecular weight is 223 g/mol. The van der Waals surface area contributed by atoms with Gasteiger partial charge in [0.2, 0.25) is 0 Å². The van der Waals surface area contributed by atoms with Crippen molar-refractivity contribution in [3.63, 3.8) is 0 Å². The van der Waals surface area contributed by atoms with E-state index in [9.17, 15) is 8.78 Å². The minimum absolute atomic E-state index is 0.0680. The fourth-order valence-electron chi connectivity index (χ4n) is 1.03. The van der Waals surface area contributed by atoms with Gasteiger partial charge in [0.25, 0.3) is 0 Å². The molecule has 0 fully saturated rings. The molecule has 0 radical (unpaired) electrons. The van der Waals surface area contributed by atoms with Crippen molar-refractivity contribution in [3.8, 4) is 11.8 Å². The molecule has 16 heavy (non-hydrogen) atoms. The van der Waals surface area contributed by atoms with Crippen LogP contribution in [-0.4, -0.2) is 11.7 Å². The molecule has 0 aromatic heterocycles. The second-order valence-corrected chi connectivity index (χ2v) is 2.77. The normalized spacial score (nSPS) is 8.94. The number of aliphatic hydroxyl groups excluding tert-OH is 1. The van der Waals surface area contributed by atoms with E-state index in [0.29, 0.717) is 0 Å². The Kier molecular flexibility index (Phi) is 4.28. The SMILES string of the molecule is [N-]=[N+]=NCC#Cc1cc(F)c(CO)c(F)c1. The van der Waals surface area contributed by atoms with Gasteiger partial charge >= 0.3 is 0 Å². The molecule has 4 nitrogen and oxygen atoms in total. The van der Waals surface area contributed by atoms with Gasteiger partial charge in [0.05, 0.1) is 13.2 Å². The number of aliphatic hydroxyl groups is 1. The molecule has 82 valence electrons. The van der Waals surface area contributed by atoms with Crippen LogP contribution in [-0.2, 0) is 6.61 Å². The molecule has 0 heterocycles. The Labute approximate surface area is 90.1 Å². The predicted molar refractivity (Wildman–Crippen MR) is 53.2 cm³/mol. The predicted octanol–water partition coefficient (Wildman–Crippen LogP) is 2.12. The summed E-state index contributed by atoms with van der Waals surface area (Å²) in [6.07, 6.45) is 0. The van der Waals surface area contributed by atoms with E-state index in [4.69, 9.17) is 10.6 Å². The van der Waals surface area contributed by atoms with Gasteiger partial charge in [-0.05, 0) is 17.7 Å². The third kappa shape index (κ3) is 2.95. The van der Waals surface area contributed by atoms with Gasteiger partial charge in [-0.25, -0.2) is 8.78 Å². The molecule has 1 N–H and O–H groups in total. The number of nitrogens with zero attached hydrogens (tertiary/aromatic N) is 3. The zero-order valence-corrected chi connectivity index (χ0v) is 8.11. The first kappa shape index (κ1) is 12.0. The number of benzene rings is 1. The Morgan fingerprint density at radius 1 is 1.38 bits per heavy atom. The van der Waals surface area contributed by atoms with Gasteiger partial charge in [0.15, 0.2) is 0 Å². The van der Waals surface area contributed by atoms with Crippen LogP contribution in [0.5, 0.6) is 0 Å². The Morgan fingerprint density at radius 2 is 2.00 bits per heavy atom. The summed E-state index contributed by atoms with van der Waals surface area (Å²) < 4.78 is 26.3. The van der Waals surface area contributed by atoms with E-state index in [0.717, 1.165) is 12.1 Å². The fourth-order valence-corrected chi connectivity index (χ4v) is 1.03. The van der Waals surface area contributed by atoms with E-state index < -0.39 is 18.2 Å². The van der Waals surface area contributed by atoms with Crippen LogP contribution in [0.1, 0.15) is 11.1 Å². The lowest BCUT2D eigenvalue weighted by Gasteiger charge is -2.01. The highest BCUT2D eigenvalue weighted by Crippen LogP contribution is 2.14. The maximum atomic E-state index is 13.1. The van der Waals surface area contributed by atoms with Crippen LogP contribution in [0.15, 0.2) is 17.2 Å². The minimum atomic E-state index is -0.851. The highest BCUT2D eigenvalue weighted by molar-refractivity contribution is 5.38. The topological polar surface area (TPSA) is 69.0 Å². The van der Waals surface area contributed by atoms with Crippen molar-refractivity contribution in [2.75, 3.05) is 6.54 Å². The zero-order valence-electron chi connectivity index (χ0n) is 8.11. The lowest BCUT2D eigenvalue weighted by molar-refractivity contribution is 0.269. The average Bonchev–Trinajstić information content (AvgIpc) is 2.24. The molecule has 0 spiro atoms. The number of hydrogen-bond donors (Lipinski definition) is 1. The second-order valence-electron chi connectivity index (χ2n) is 2.77. The van der Waals surface area contributed by atoms with E-state index >= 15 is 0 Å². The molecule has 6 heteroatoms. The Hall–Kier alpha value is -2.09. The van der Waals surface area contributed by atoms with Gasteiger partial charge in [0, 0.05) is 16.0 Å². The van der Waals surface area contributed by atoms with Crippen LogP contribution < -0.4 is 0 Å². The highest BCUT2D eigenvalue weighted by atomic mass is 19.1. The van der Waals surface area contributed by atoms with Crippen molar-refractivity contribution in [1.82, 2.24) is 0 Å². The van der Waals surface area contributed by atoms with Crippen molar-refractivity contribution >= 4 is 0 Å². The van der Waals surface area contributed by atoms with Gasteiger partial charge in [0.1, 0.15) is 11.6 Å². The maximum absolute atomic E-state index is 13.1. The van der Waals surface area contributed by atoms with E-state index in [1.165, 1.54) is 0 Å². The van der Waals surface area contributed by atoms with Gasteiger partial charge < -0.3 is 5.11 Å². The Bertz CT molecular complexity index is 476. The molecule has 0 aliphatic carbocycles. The fraction of sp³-hybridized carbons (Fsp3) is 0.200. The van der Waals surface area contributed by atoms with Gasteiger partial charge in [-0.3, -0.25) is 0 Å². The summed E-state index contributed by atoms with van der Waals surface area (Å²) in [7, 11) is 0. The Morgan fingerprint density at radius 3 is 2.50 bits per heavy atom. The van der Waals surface area contributed by atoms with Crippen molar-refractivity contribution in [3.05, 3.63) is 45.3 Å². The van der Waals surface area contributed by atoms with Crippen LogP contribution in [0, 0.1) is 23.5 Å². The van der Waals surface area contributed by atoms with E-state index in [-0.39, 0.29) is 17.7 Å². The van der Waals surface area contributed by atoms with Crippen LogP contribution in [0.2, 0.25) is 0 Å². The number of halogens is 2. The summed E-state index contributed by atoms with van der Waals surface area (Å²) in [5, 5.41) is 11.8. The molecule has 0 aliphatic heterocycles. The summed E-state index contributed by atoms with van der Waals surface area (Å²) in [6.45, 7) is -0.772. The highest BCUT2D eigenvalue weighted by Gasteiger charge is 2.08. The van der Waals surface area contributed by atoms with E-state index in [1.807, 2.05) is 0 Å². The molecular weight excluding hydrogens is 216 g/mol. The van der Waals surface area contributed by atoms with E-state index in [2.05, 4.69) is 21.9 Å². The molecule has 0 unspecified atom stereocenters. The molecule has 0 amide bonds. The van der Waals surface area contributed by atoms with Gasteiger partial charge in [-0.1, -0.05) is 17.0 Å². The maximum Gasteiger partial charge on any atom is 0.132 e. The van der Waals surface area contributed by atoms with Crippen molar-refractivity contribution in [2.45, 2.75) is 6.61 Å². The standard InChI is InChI=1S/C10H7F2N3O/c11-9-4-7(2-1-3-14-15-13)5-10(12)8(9)6-16/h4-5,16H,3,6H2. The summed E-state index contributed by atoms with van der Waals surface area (Å²) >= 11 is 0.